The van der Waals surface area contributed by atoms with Crippen LogP contribution in [0.15, 0.2) is 165 Å². The summed E-state index contributed by atoms with van der Waals surface area (Å²) in [6, 6.07) is 54.2. The molecule has 0 spiro atoms. The normalized spacial score (nSPS) is 11.9. The van der Waals surface area contributed by atoms with E-state index in [0.29, 0.717) is 5.95 Å². The first-order chi connectivity index (χ1) is 26.7. The molecule has 11 rings (SSSR count). The molecule has 11 aromatic rings. The van der Waals surface area contributed by atoms with Gasteiger partial charge in [0.15, 0.2) is 0 Å². The van der Waals surface area contributed by atoms with Gasteiger partial charge in [0, 0.05) is 58.2 Å². The molecule has 0 aliphatic carbocycles. The topological polar surface area (TPSA) is 30.7 Å². The number of fused-ring (bicyclic) bond motifs is 11. The molecule has 0 saturated heterocycles. The van der Waals surface area contributed by atoms with E-state index in [1.807, 2.05) is 23.5 Å². The molecule has 0 amide bonds. The van der Waals surface area contributed by atoms with E-state index in [2.05, 4.69) is 169 Å². The number of hydrogen-bond donors (Lipinski definition) is 0. The van der Waals surface area contributed by atoms with Crippen LogP contribution in [0.5, 0.6) is 0 Å². The summed E-state index contributed by atoms with van der Waals surface area (Å²) < 4.78 is 4.88. The number of para-hydroxylation sites is 1. The van der Waals surface area contributed by atoms with Gasteiger partial charge in [-0.05, 0) is 45.7 Å². The molecule has 3 heterocycles. The van der Waals surface area contributed by atoms with E-state index in [1.165, 1.54) is 20.2 Å². The molecule has 0 fully saturated rings. The molecule has 4 heteroatoms. The lowest BCUT2D eigenvalue weighted by molar-refractivity contribution is 1.02. The van der Waals surface area contributed by atoms with Crippen LogP contribution in [0, 0.1) is 0 Å². The summed E-state index contributed by atoms with van der Waals surface area (Å²) in [5, 5.41) is 10.3. The summed E-state index contributed by atoms with van der Waals surface area (Å²) in [5.74, 6) is 0.625. The quantitative estimate of drug-likeness (QED) is 0.167. The van der Waals surface area contributed by atoms with E-state index in [4.69, 9.17) is 9.97 Å². The SMILES string of the molecule is C=Cc1c(C=C)c2c3cccc(-c4ccc5c(c4)sc4ccccc45)c3n(-c3nc(-c4ccccc4)c4ccc5ccccc5c4n3)c2c2ccccc12. The fourth-order valence-electron chi connectivity index (χ4n) is 8.60. The van der Waals surface area contributed by atoms with Gasteiger partial charge in [0.2, 0.25) is 5.95 Å². The Kier molecular flexibility index (Phi) is 6.72. The zero-order valence-corrected chi connectivity index (χ0v) is 30.1. The standard InChI is InChI=1S/C50H31N3S/c1-3-33-34(4-2)45-41-23-14-22-36(32-26-27-39-38-20-12-13-24-43(38)54-44(39)29-32)48(41)53(49(45)40-21-11-10-19-37(33)40)50-51-46(31-16-6-5-7-17-31)42-28-25-30-15-8-9-18-35(30)47(42)52-50/h3-29H,1-2H2. The third-order valence-corrected chi connectivity index (χ3v) is 12.1. The number of nitrogens with zero attached hydrogens (tertiary/aromatic N) is 3. The fourth-order valence-corrected chi connectivity index (χ4v) is 9.74. The van der Waals surface area contributed by atoms with Crippen LogP contribution in [0.3, 0.4) is 0 Å². The Labute approximate surface area is 315 Å². The molecule has 54 heavy (non-hydrogen) atoms. The van der Waals surface area contributed by atoms with Crippen molar-refractivity contribution >= 4 is 97.9 Å². The van der Waals surface area contributed by atoms with Gasteiger partial charge in [-0.25, -0.2) is 9.97 Å². The molecule has 0 atom stereocenters. The van der Waals surface area contributed by atoms with Gasteiger partial charge >= 0.3 is 0 Å². The summed E-state index contributed by atoms with van der Waals surface area (Å²) in [7, 11) is 0. The number of benzene rings is 8. The Morgan fingerprint density at radius 2 is 1.17 bits per heavy atom. The highest BCUT2D eigenvalue weighted by Gasteiger charge is 2.25. The van der Waals surface area contributed by atoms with Crippen molar-refractivity contribution in [1.82, 2.24) is 14.5 Å². The smallest absolute Gasteiger partial charge is 0.235 e. The Morgan fingerprint density at radius 1 is 0.481 bits per heavy atom. The van der Waals surface area contributed by atoms with Crippen LogP contribution in [-0.4, -0.2) is 14.5 Å². The van der Waals surface area contributed by atoms with E-state index in [9.17, 15) is 0 Å². The summed E-state index contributed by atoms with van der Waals surface area (Å²) in [6.07, 6.45) is 3.95. The molecule has 252 valence electrons. The largest absolute Gasteiger partial charge is 0.277 e. The second-order valence-electron chi connectivity index (χ2n) is 13.8. The van der Waals surface area contributed by atoms with Crippen LogP contribution in [0.25, 0.3) is 115 Å². The van der Waals surface area contributed by atoms with Crippen molar-refractivity contribution in [3.05, 3.63) is 176 Å². The lowest BCUT2D eigenvalue weighted by Crippen LogP contribution is -2.05. The number of rotatable bonds is 5. The van der Waals surface area contributed by atoms with Crippen molar-refractivity contribution in [2.24, 2.45) is 0 Å². The van der Waals surface area contributed by atoms with Crippen molar-refractivity contribution in [3.8, 4) is 28.3 Å². The summed E-state index contributed by atoms with van der Waals surface area (Å²) in [5.41, 5.74) is 9.36. The molecular weight excluding hydrogens is 675 g/mol. The minimum absolute atomic E-state index is 0.625. The van der Waals surface area contributed by atoms with Gasteiger partial charge in [0.05, 0.1) is 22.2 Å². The molecule has 8 aromatic carbocycles. The lowest BCUT2D eigenvalue weighted by Gasteiger charge is -2.16. The van der Waals surface area contributed by atoms with Crippen molar-refractivity contribution in [3.63, 3.8) is 0 Å². The zero-order chi connectivity index (χ0) is 35.9. The molecule has 0 saturated carbocycles. The lowest BCUT2D eigenvalue weighted by atomic mass is 9.93. The summed E-state index contributed by atoms with van der Waals surface area (Å²) in [6.45, 7) is 8.65. The number of aromatic nitrogens is 3. The van der Waals surface area contributed by atoms with E-state index in [1.54, 1.807) is 0 Å². The molecule has 0 aliphatic rings. The molecule has 3 nitrogen and oxygen atoms in total. The number of hydrogen-bond acceptors (Lipinski definition) is 3. The molecule has 0 bridgehead atoms. The first-order valence-electron chi connectivity index (χ1n) is 18.2. The van der Waals surface area contributed by atoms with E-state index >= 15 is 0 Å². The van der Waals surface area contributed by atoms with E-state index in [-0.39, 0.29) is 0 Å². The minimum Gasteiger partial charge on any atom is -0.277 e. The second-order valence-corrected chi connectivity index (χ2v) is 14.9. The highest BCUT2D eigenvalue weighted by atomic mass is 32.1. The van der Waals surface area contributed by atoms with Crippen LogP contribution < -0.4 is 0 Å². The average molecular weight is 706 g/mol. The fraction of sp³-hybridized carbons (Fsp3) is 0. The Balaban J connectivity index is 1.36. The first-order valence-corrected chi connectivity index (χ1v) is 19.0. The van der Waals surface area contributed by atoms with Crippen molar-refractivity contribution in [2.45, 2.75) is 0 Å². The molecule has 0 radical (unpaired) electrons. The molecule has 0 unspecified atom stereocenters. The molecular formula is C50H31N3S. The third kappa shape index (κ3) is 4.35. The maximum absolute atomic E-state index is 5.56. The summed E-state index contributed by atoms with van der Waals surface area (Å²) in [4.78, 5) is 11.1. The Bertz CT molecular complexity index is 3370. The maximum atomic E-state index is 5.56. The van der Waals surface area contributed by atoms with Gasteiger partial charge in [-0.2, -0.15) is 0 Å². The van der Waals surface area contributed by atoms with Gasteiger partial charge in [-0.15, -0.1) is 11.3 Å². The van der Waals surface area contributed by atoms with Crippen LogP contribution in [-0.2, 0) is 0 Å². The predicted molar refractivity (Wildman–Crippen MR) is 233 cm³/mol. The monoisotopic (exact) mass is 705 g/mol. The number of thiophene rings is 1. The van der Waals surface area contributed by atoms with Gasteiger partial charge in [0.1, 0.15) is 0 Å². The van der Waals surface area contributed by atoms with Gasteiger partial charge in [-0.1, -0.05) is 159 Å². The van der Waals surface area contributed by atoms with Gasteiger partial charge in [-0.3, -0.25) is 4.57 Å². The van der Waals surface area contributed by atoms with Crippen LogP contribution in [0.1, 0.15) is 11.1 Å². The second kappa shape index (κ2) is 11.8. The first kappa shape index (κ1) is 30.7. The highest BCUT2D eigenvalue weighted by molar-refractivity contribution is 7.25. The Morgan fingerprint density at radius 3 is 2.00 bits per heavy atom. The highest BCUT2D eigenvalue weighted by Crippen LogP contribution is 2.46. The maximum Gasteiger partial charge on any atom is 0.235 e. The average Bonchev–Trinajstić information content (AvgIpc) is 3.79. The van der Waals surface area contributed by atoms with Crippen LogP contribution in [0.4, 0.5) is 0 Å². The molecule has 0 aliphatic heterocycles. The van der Waals surface area contributed by atoms with Crippen molar-refractivity contribution < 1.29 is 0 Å². The van der Waals surface area contributed by atoms with Gasteiger partial charge in [0.25, 0.3) is 0 Å². The minimum atomic E-state index is 0.625. The van der Waals surface area contributed by atoms with Crippen LogP contribution in [0.2, 0.25) is 0 Å². The summed E-state index contributed by atoms with van der Waals surface area (Å²) >= 11 is 1.84. The van der Waals surface area contributed by atoms with Gasteiger partial charge < -0.3 is 0 Å². The van der Waals surface area contributed by atoms with E-state index < -0.39 is 0 Å². The zero-order valence-electron chi connectivity index (χ0n) is 29.3. The van der Waals surface area contributed by atoms with Crippen molar-refractivity contribution in [1.29, 1.82) is 0 Å². The van der Waals surface area contributed by atoms with E-state index in [0.717, 1.165) is 87.8 Å². The predicted octanol–water partition coefficient (Wildman–Crippen LogP) is 14.0. The third-order valence-electron chi connectivity index (χ3n) is 10.9. The molecule has 0 N–H and O–H groups in total. The Hall–Kier alpha value is -6.88. The molecule has 3 aromatic heterocycles. The van der Waals surface area contributed by atoms with Crippen LogP contribution >= 0.6 is 11.3 Å². The van der Waals surface area contributed by atoms with Crippen molar-refractivity contribution in [2.75, 3.05) is 0 Å².